The average Bonchev–Trinajstić information content (AvgIpc) is 3.47. The van der Waals surface area contributed by atoms with Crippen LogP contribution in [0, 0.1) is 0 Å². The number of aryl methyl sites for hydroxylation is 1. The number of unbranched alkanes of at least 4 members (excludes halogenated alkanes) is 1. The van der Waals surface area contributed by atoms with Crippen molar-refractivity contribution in [1.82, 2.24) is 4.98 Å². The van der Waals surface area contributed by atoms with Gasteiger partial charge in [0.1, 0.15) is 0 Å². The number of anilines is 2. The third-order valence-corrected chi connectivity index (χ3v) is 7.90. The van der Waals surface area contributed by atoms with Crippen LogP contribution in [0.3, 0.4) is 0 Å². The Morgan fingerprint density at radius 2 is 1.58 bits per heavy atom. The Kier molecular flexibility index (Phi) is 5.06. The second-order valence-electron chi connectivity index (χ2n) is 10.1. The van der Waals surface area contributed by atoms with Crippen LogP contribution in [-0.2, 0) is 6.42 Å². The molecule has 2 heteroatoms. The lowest BCUT2D eigenvalue weighted by Gasteiger charge is -2.29. The van der Waals surface area contributed by atoms with Crippen molar-refractivity contribution >= 4 is 38.8 Å². The summed E-state index contributed by atoms with van der Waals surface area (Å²) in [7, 11) is 0. The molecule has 7 rings (SSSR count). The first kappa shape index (κ1) is 21.3. The summed E-state index contributed by atoms with van der Waals surface area (Å²) in [6, 6.07) is 33.8. The number of aromatic nitrogens is 1. The van der Waals surface area contributed by atoms with Crippen LogP contribution in [0.4, 0.5) is 11.4 Å². The van der Waals surface area contributed by atoms with Crippen molar-refractivity contribution in [2.75, 3.05) is 4.90 Å². The smallest absolute Gasteiger partial charge is 0.0630 e. The molecule has 2 atom stereocenters. The first-order chi connectivity index (χ1) is 17.8. The van der Waals surface area contributed by atoms with Crippen LogP contribution in [0.25, 0.3) is 27.4 Å². The monoisotopic (exact) mass is 466 g/mol. The number of fused-ring (bicyclic) bond motifs is 6. The lowest BCUT2D eigenvalue weighted by atomic mass is 9.86. The molecule has 0 bridgehead atoms. The van der Waals surface area contributed by atoms with E-state index < -0.39 is 0 Å². The predicted molar refractivity (Wildman–Crippen MR) is 153 cm³/mol. The van der Waals surface area contributed by atoms with Crippen molar-refractivity contribution < 1.29 is 0 Å². The molecule has 2 heterocycles. The lowest BCUT2D eigenvalue weighted by molar-refractivity contribution is 0.747. The first-order valence-corrected chi connectivity index (χ1v) is 13.2. The fourth-order valence-electron chi connectivity index (χ4n) is 6.09. The highest BCUT2D eigenvalue weighted by molar-refractivity contribution is 6.08. The molecule has 2 aliphatic rings. The van der Waals surface area contributed by atoms with E-state index in [1.54, 1.807) is 0 Å². The Hall–Kier alpha value is -4.04. The topological polar surface area (TPSA) is 19.0 Å². The molecule has 5 aromatic rings. The van der Waals surface area contributed by atoms with Gasteiger partial charge in [-0.15, -0.1) is 0 Å². The summed E-state index contributed by atoms with van der Waals surface area (Å²) in [6.45, 7) is 2.26. The van der Waals surface area contributed by atoms with E-state index in [-0.39, 0.29) is 0 Å². The molecule has 36 heavy (non-hydrogen) atoms. The lowest BCUT2D eigenvalue weighted by Crippen LogP contribution is -2.28. The summed E-state index contributed by atoms with van der Waals surface area (Å²) in [6.07, 6.45) is 10.8. The van der Waals surface area contributed by atoms with Gasteiger partial charge in [-0.05, 0) is 77.6 Å². The molecule has 2 nitrogen and oxygen atoms in total. The number of aromatic amines is 1. The minimum Gasteiger partial charge on any atom is -0.355 e. The summed E-state index contributed by atoms with van der Waals surface area (Å²) in [5, 5.41) is 2.65. The second kappa shape index (κ2) is 8.57. The van der Waals surface area contributed by atoms with Gasteiger partial charge in [0, 0.05) is 39.1 Å². The molecule has 176 valence electrons. The number of nitrogens with zero attached hydrogens (tertiary/aromatic N) is 1. The Bertz CT molecular complexity index is 1640. The first-order valence-electron chi connectivity index (χ1n) is 13.2. The fraction of sp³-hybridized carbons (Fsp3) is 0.176. The van der Waals surface area contributed by atoms with Crippen molar-refractivity contribution in [2.45, 2.75) is 38.1 Å². The van der Waals surface area contributed by atoms with Crippen LogP contribution < -0.4 is 4.90 Å². The molecular formula is C34H30N2. The van der Waals surface area contributed by atoms with Gasteiger partial charge in [0.05, 0.1) is 6.04 Å². The molecule has 1 aromatic heterocycles. The molecule has 0 spiro atoms. The highest BCUT2D eigenvalue weighted by Gasteiger charge is 2.38. The van der Waals surface area contributed by atoms with Gasteiger partial charge in [-0.1, -0.05) is 80.1 Å². The van der Waals surface area contributed by atoms with Gasteiger partial charge in [-0.25, -0.2) is 0 Å². The number of benzene rings is 4. The molecule has 1 aliphatic heterocycles. The van der Waals surface area contributed by atoms with E-state index in [4.69, 9.17) is 0 Å². The minimum atomic E-state index is 0.298. The van der Waals surface area contributed by atoms with E-state index in [1.165, 1.54) is 68.3 Å². The van der Waals surface area contributed by atoms with Gasteiger partial charge in [0.25, 0.3) is 0 Å². The minimum absolute atomic E-state index is 0.298. The van der Waals surface area contributed by atoms with E-state index in [0.717, 1.165) is 6.42 Å². The summed E-state index contributed by atoms with van der Waals surface area (Å²) in [5.74, 6) is 0.334. The van der Waals surface area contributed by atoms with Crippen molar-refractivity contribution in [1.29, 1.82) is 0 Å². The number of hydrogen-bond acceptors (Lipinski definition) is 1. The molecule has 0 saturated carbocycles. The van der Waals surface area contributed by atoms with E-state index in [9.17, 15) is 0 Å². The van der Waals surface area contributed by atoms with E-state index >= 15 is 0 Å². The molecule has 0 fully saturated rings. The normalized spacial score (nSPS) is 18.5. The highest BCUT2D eigenvalue weighted by atomic mass is 15.2. The Morgan fingerprint density at radius 1 is 0.806 bits per heavy atom. The van der Waals surface area contributed by atoms with Gasteiger partial charge in [-0.2, -0.15) is 0 Å². The molecular weight excluding hydrogens is 436 g/mol. The van der Waals surface area contributed by atoms with E-state index in [0.29, 0.717) is 12.0 Å². The van der Waals surface area contributed by atoms with Gasteiger partial charge in [0.15, 0.2) is 0 Å². The van der Waals surface area contributed by atoms with E-state index in [2.05, 4.69) is 126 Å². The number of allylic oxidation sites excluding steroid dienone is 2. The summed E-state index contributed by atoms with van der Waals surface area (Å²) in [5.41, 5.74) is 10.4. The van der Waals surface area contributed by atoms with Gasteiger partial charge >= 0.3 is 0 Å². The van der Waals surface area contributed by atoms with Gasteiger partial charge in [-0.3, -0.25) is 0 Å². The number of nitrogens with one attached hydrogen (secondary N) is 1. The zero-order valence-corrected chi connectivity index (χ0v) is 20.6. The Balaban J connectivity index is 1.30. The zero-order valence-electron chi connectivity index (χ0n) is 20.6. The SMILES string of the molecule is CCCCc1ccc2[nH]c3ccc(C4=CC5c6ccccc6N(c6ccccc6)C5C=C4)cc3c2c1. The van der Waals surface area contributed by atoms with Crippen molar-refractivity contribution in [2.24, 2.45) is 0 Å². The van der Waals surface area contributed by atoms with Gasteiger partial charge < -0.3 is 9.88 Å². The van der Waals surface area contributed by atoms with Crippen LogP contribution in [0.1, 0.15) is 42.4 Å². The highest BCUT2D eigenvalue weighted by Crippen LogP contribution is 2.49. The quantitative estimate of drug-likeness (QED) is 0.274. The summed E-state index contributed by atoms with van der Waals surface area (Å²) < 4.78 is 0. The molecule has 0 saturated heterocycles. The fourth-order valence-corrected chi connectivity index (χ4v) is 6.09. The van der Waals surface area contributed by atoms with Crippen LogP contribution in [0.2, 0.25) is 0 Å². The molecule has 2 unspecified atom stereocenters. The van der Waals surface area contributed by atoms with Crippen molar-refractivity contribution in [3.05, 3.63) is 126 Å². The standard InChI is InChI=1S/C34H30N2/c1-2-3-9-23-14-17-31-28(20-23)29-21-24(15-18-32(29)35-31)25-16-19-34-30(22-25)27-12-7-8-13-33(27)36(34)26-10-5-4-6-11-26/h4-8,10-22,30,34-35H,2-3,9H2,1H3. The number of rotatable bonds is 5. The van der Waals surface area contributed by atoms with Gasteiger partial charge in [0.2, 0.25) is 0 Å². The third kappa shape index (κ3) is 3.40. The van der Waals surface area contributed by atoms with Crippen LogP contribution >= 0.6 is 0 Å². The maximum absolute atomic E-state index is 3.62. The van der Waals surface area contributed by atoms with E-state index in [1.807, 2.05) is 0 Å². The Morgan fingerprint density at radius 3 is 2.44 bits per heavy atom. The van der Waals surface area contributed by atoms with Crippen molar-refractivity contribution in [3.8, 4) is 0 Å². The number of para-hydroxylation sites is 2. The predicted octanol–water partition coefficient (Wildman–Crippen LogP) is 8.92. The van der Waals surface area contributed by atoms with Crippen LogP contribution in [0.15, 0.2) is 109 Å². The molecule has 4 aromatic carbocycles. The number of hydrogen-bond donors (Lipinski definition) is 1. The zero-order chi connectivity index (χ0) is 24.1. The molecule has 0 radical (unpaired) electrons. The molecule has 1 aliphatic carbocycles. The second-order valence-corrected chi connectivity index (χ2v) is 10.1. The van der Waals surface area contributed by atoms with Crippen molar-refractivity contribution in [3.63, 3.8) is 0 Å². The number of H-pyrrole nitrogens is 1. The molecule has 1 N–H and O–H groups in total. The maximum atomic E-state index is 3.62. The third-order valence-electron chi connectivity index (χ3n) is 7.90. The largest absolute Gasteiger partial charge is 0.355 e. The Labute approximate surface area is 212 Å². The average molecular weight is 467 g/mol. The summed E-state index contributed by atoms with van der Waals surface area (Å²) in [4.78, 5) is 6.11. The van der Waals surface area contributed by atoms with Crippen LogP contribution in [0.5, 0.6) is 0 Å². The maximum Gasteiger partial charge on any atom is 0.0630 e. The molecule has 0 amide bonds. The summed E-state index contributed by atoms with van der Waals surface area (Å²) >= 11 is 0. The van der Waals surface area contributed by atoms with Crippen LogP contribution in [-0.4, -0.2) is 11.0 Å².